The van der Waals surface area contributed by atoms with Crippen LogP contribution in [0, 0.1) is 0 Å². The second-order valence-electron chi connectivity index (χ2n) is 4.21. The third-order valence-corrected chi connectivity index (χ3v) is 3.18. The minimum atomic E-state index is -0.307. The van der Waals surface area contributed by atoms with Crippen molar-refractivity contribution in [2.24, 2.45) is 0 Å². The number of anilines is 1. The van der Waals surface area contributed by atoms with Gasteiger partial charge in [0.05, 0.1) is 28.0 Å². The highest BCUT2D eigenvalue weighted by molar-refractivity contribution is 6.34. The number of hydrogen-bond acceptors (Lipinski definition) is 3. The number of aromatic nitrogens is 2. The monoisotopic (exact) mass is 287 g/mol. The van der Waals surface area contributed by atoms with Crippen LogP contribution in [0.5, 0.6) is 5.75 Å². The molecule has 0 saturated carbocycles. The van der Waals surface area contributed by atoms with Gasteiger partial charge in [-0.3, -0.25) is 4.79 Å². The minimum Gasteiger partial charge on any atom is -0.508 e. The van der Waals surface area contributed by atoms with Crippen LogP contribution >= 0.6 is 11.6 Å². The van der Waals surface area contributed by atoms with Crippen LogP contribution in [0.3, 0.4) is 0 Å². The molecule has 0 saturated heterocycles. The second-order valence-corrected chi connectivity index (χ2v) is 4.61. The summed E-state index contributed by atoms with van der Waals surface area (Å²) in [6.45, 7) is 0. The predicted octanol–water partition coefficient (Wildman–Crippen LogP) is 2.95. The molecular formula is C14H10ClN3O2. The number of aromatic hydroxyl groups is 1. The van der Waals surface area contributed by atoms with Gasteiger partial charge in [0.25, 0.3) is 5.91 Å². The van der Waals surface area contributed by atoms with Crippen molar-refractivity contribution >= 4 is 28.7 Å². The van der Waals surface area contributed by atoms with E-state index in [0.717, 1.165) is 0 Å². The Morgan fingerprint density at radius 3 is 2.95 bits per heavy atom. The summed E-state index contributed by atoms with van der Waals surface area (Å²) in [6.07, 6.45) is 3.26. The van der Waals surface area contributed by atoms with Gasteiger partial charge in [-0.05, 0) is 24.3 Å². The quantitative estimate of drug-likeness (QED) is 0.712. The Hall–Kier alpha value is -2.53. The Balaban J connectivity index is 1.93. The van der Waals surface area contributed by atoms with E-state index in [9.17, 15) is 9.90 Å². The van der Waals surface area contributed by atoms with Gasteiger partial charge < -0.3 is 10.4 Å². The van der Waals surface area contributed by atoms with E-state index in [-0.39, 0.29) is 16.7 Å². The molecular weight excluding hydrogens is 278 g/mol. The predicted molar refractivity (Wildman–Crippen MR) is 76.3 cm³/mol. The zero-order valence-electron chi connectivity index (χ0n) is 10.2. The number of nitrogens with one attached hydrogen (secondary N) is 1. The van der Waals surface area contributed by atoms with E-state index >= 15 is 0 Å². The average molecular weight is 288 g/mol. The summed E-state index contributed by atoms with van der Waals surface area (Å²) in [4.78, 5) is 12.2. The Labute approximate surface area is 119 Å². The van der Waals surface area contributed by atoms with Crippen LogP contribution in [-0.2, 0) is 0 Å². The summed E-state index contributed by atoms with van der Waals surface area (Å²) in [5.41, 5.74) is 1.60. The van der Waals surface area contributed by atoms with Crippen molar-refractivity contribution in [3.05, 3.63) is 59.4 Å². The lowest BCUT2D eigenvalue weighted by molar-refractivity contribution is 0.102. The van der Waals surface area contributed by atoms with E-state index in [1.807, 2.05) is 12.1 Å². The summed E-state index contributed by atoms with van der Waals surface area (Å²) >= 11 is 5.96. The molecule has 2 aromatic heterocycles. The highest BCUT2D eigenvalue weighted by Crippen LogP contribution is 2.26. The maximum Gasteiger partial charge on any atom is 0.259 e. The number of hydrogen-bond donors (Lipinski definition) is 2. The van der Waals surface area contributed by atoms with Crippen LogP contribution in [-0.4, -0.2) is 20.6 Å². The number of carbonyl (C=O) groups is 1. The molecule has 0 unspecified atom stereocenters. The number of phenols is 1. The largest absolute Gasteiger partial charge is 0.508 e. The molecule has 1 amide bonds. The third kappa shape index (κ3) is 2.19. The van der Waals surface area contributed by atoms with Gasteiger partial charge in [-0.25, -0.2) is 4.52 Å². The fraction of sp³-hybridized carbons (Fsp3) is 0. The van der Waals surface area contributed by atoms with Gasteiger partial charge in [-0.2, -0.15) is 5.10 Å². The Bertz CT molecular complexity index is 798. The normalized spacial score (nSPS) is 10.7. The smallest absolute Gasteiger partial charge is 0.259 e. The van der Waals surface area contributed by atoms with Crippen LogP contribution < -0.4 is 5.32 Å². The maximum absolute atomic E-state index is 12.2. The van der Waals surface area contributed by atoms with E-state index in [1.54, 1.807) is 22.8 Å². The molecule has 0 fully saturated rings. The molecule has 0 aliphatic rings. The number of fused-ring (bicyclic) bond motifs is 1. The Morgan fingerprint density at radius 1 is 1.30 bits per heavy atom. The third-order valence-electron chi connectivity index (χ3n) is 2.87. The van der Waals surface area contributed by atoms with Crippen molar-refractivity contribution in [2.45, 2.75) is 0 Å². The van der Waals surface area contributed by atoms with Gasteiger partial charge >= 0.3 is 0 Å². The molecule has 2 heterocycles. The number of halogens is 1. The zero-order valence-corrected chi connectivity index (χ0v) is 11.0. The fourth-order valence-corrected chi connectivity index (χ4v) is 2.13. The Morgan fingerprint density at radius 2 is 2.15 bits per heavy atom. The number of nitrogens with zero attached hydrogens (tertiary/aromatic N) is 2. The molecule has 0 spiro atoms. The number of carbonyl (C=O) groups excluding carboxylic acids is 1. The molecule has 5 nitrogen and oxygen atoms in total. The highest BCUT2D eigenvalue weighted by Gasteiger charge is 2.13. The molecule has 100 valence electrons. The zero-order chi connectivity index (χ0) is 14.1. The van der Waals surface area contributed by atoms with Crippen LogP contribution in [0.15, 0.2) is 48.8 Å². The van der Waals surface area contributed by atoms with Crippen LogP contribution in [0.1, 0.15) is 10.4 Å². The van der Waals surface area contributed by atoms with E-state index in [0.29, 0.717) is 16.8 Å². The minimum absolute atomic E-state index is 0.0454. The van der Waals surface area contributed by atoms with Gasteiger partial charge in [-0.15, -0.1) is 0 Å². The molecule has 1 aromatic carbocycles. The molecule has 20 heavy (non-hydrogen) atoms. The summed E-state index contributed by atoms with van der Waals surface area (Å²) in [7, 11) is 0. The maximum atomic E-state index is 12.2. The van der Waals surface area contributed by atoms with Gasteiger partial charge in [0.1, 0.15) is 5.75 Å². The van der Waals surface area contributed by atoms with Gasteiger partial charge in [0, 0.05) is 12.3 Å². The molecule has 0 radical (unpaired) electrons. The molecule has 0 bridgehead atoms. The van der Waals surface area contributed by atoms with E-state index in [2.05, 4.69) is 10.4 Å². The average Bonchev–Trinajstić information content (AvgIpc) is 2.86. The number of benzene rings is 1. The second kappa shape index (κ2) is 4.86. The van der Waals surface area contributed by atoms with E-state index < -0.39 is 0 Å². The van der Waals surface area contributed by atoms with Crippen LogP contribution in [0.25, 0.3) is 5.52 Å². The van der Waals surface area contributed by atoms with Crippen LogP contribution in [0.2, 0.25) is 5.02 Å². The summed E-state index contributed by atoms with van der Waals surface area (Å²) in [5.74, 6) is -0.261. The fourth-order valence-electron chi connectivity index (χ4n) is 1.90. The molecule has 3 rings (SSSR count). The van der Waals surface area contributed by atoms with Crippen molar-refractivity contribution in [1.82, 2.24) is 9.61 Å². The van der Waals surface area contributed by atoms with E-state index in [4.69, 9.17) is 11.6 Å². The van der Waals surface area contributed by atoms with Crippen molar-refractivity contribution in [3.8, 4) is 5.75 Å². The van der Waals surface area contributed by atoms with Crippen molar-refractivity contribution in [3.63, 3.8) is 0 Å². The van der Waals surface area contributed by atoms with Crippen LogP contribution in [0.4, 0.5) is 5.69 Å². The Kier molecular flexibility index (Phi) is 3.04. The van der Waals surface area contributed by atoms with E-state index in [1.165, 1.54) is 18.3 Å². The first kappa shape index (κ1) is 12.5. The molecule has 3 aromatic rings. The molecule has 0 atom stereocenters. The topological polar surface area (TPSA) is 66.6 Å². The van der Waals surface area contributed by atoms with Crippen molar-refractivity contribution in [2.75, 3.05) is 5.32 Å². The molecule has 0 aliphatic heterocycles. The first-order valence-electron chi connectivity index (χ1n) is 5.87. The molecule has 2 N–H and O–H groups in total. The number of rotatable bonds is 2. The number of amides is 1. The molecule has 0 aliphatic carbocycles. The molecule has 6 heteroatoms. The summed E-state index contributed by atoms with van der Waals surface area (Å²) < 4.78 is 1.62. The number of phenolic OH excluding ortho intramolecular Hbond substituents is 1. The highest BCUT2D eigenvalue weighted by atomic mass is 35.5. The van der Waals surface area contributed by atoms with Gasteiger partial charge in [-0.1, -0.05) is 17.7 Å². The lowest BCUT2D eigenvalue weighted by Gasteiger charge is -2.06. The lowest BCUT2D eigenvalue weighted by atomic mass is 10.2. The van der Waals surface area contributed by atoms with Crippen molar-refractivity contribution in [1.29, 1.82) is 0 Å². The first-order chi connectivity index (χ1) is 9.65. The van der Waals surface area contributed by atoms with Gasteiger partial charge in [0.15, 0.2) is 0 Å². The van der Waals surface area contributed by atoms with Crippen molar-refractivity contribution < 1.29 is 9.90 Å². The number of pyridine rings is 1. The summed E-state index contributed by atoms with van der Waals surface area (Å²) in [5, 5.41) is 16.4. The van der Waals surface area contributed by atoms with Gasteiger partial charge in [0.2, 0.25) is 0 Å². The SMILES string of the molecule is O=C(Nc1ccc(O)cc1Cl)c1cnn2ccccc12. The first-order valence-corrected chi connectivity index (χ1v) is 6.25. The summed E-state index contributed by atoms with van der Waals surface area (Å²) in [6, 6.07) is 9.84. The standard InChI is InChI=1S/C14H10ClN3O2/c15-11-7-9(19)4-5-12(11)17-14(20)10-8-16-18-6-2-1-3-13(10)18/h1-8,19H,(H,17,20). The lowest BCUT2D eigenvalue weighted by Crippen LogP contribution is -2.11.